The van der Waals surface area contributed by atoms with Gasteiger partial charge in [-0.3, -0.25) is 4.40 Å². The molecule has 0 saturated carbocycles. The number of thiophene rings is 2. The summed E-state index contributed by atoms with van der Waals surface area (Å²) in [5.74, 6) is 0. The molecule has 35 heavy (non-hydrogen) atoms. The molecule has 0 unspecified atom stereocenters. The zero-order valence-electron chi connectivity index (χ0n) is 18.4. The molecule has 4 heteroatoms. The van der Waals surface area contributed by atoms with E-state index in [0.717, 1.165) is 16.7 Å². The van der Waals surface area contributed by atoms with Gasteiger partial charge in [0.25, 0.3) is 0 Å². The zero-order valence-corrected chi connectivity index (χ0v) is 20.1. The molecule has 0 amide bonds. The Labute approximate surface area is 207 Å². The highest BCUT2D eigenvalue weighted by Gasteiger charge is 2.20. The molecular weight excluding hydrogens is 464 g/mol. The van der Waals surface area contributed by atoms with Gasteiger partial charge in [-0.05, 0) is 29.7 Å². The summed E-state index contributed by atoms with van der Waals surface area (Å²) in [6, 6.07) is 35.3. The molecule has 2 nitrogen and oxygen atoms in total. The second kappa shape index (κ2) is 6.36. The van der Waals surface area contributed by atoms with Crippen LogP contribution < -0.4 is 0 Å². The smallest absolute Gasteiger partial charge is 0.147 e. The quantitative estimate of drug-likeness (QED) is 0.198. The summed E-state index contributed by atoms with van der Waals surface area (Å²) in [5, 5.41) is 9.10. The Morgan fingerprint density at radius 1 is 0.514 bits per heavy atom. The molecule has 162 valence electrons. The molecule has 0 fully saturated rings. The van der Waals surface area contributed by atoms with Crippen molar-refractivity contribution in [2.24, 2.45) is 0 Å². The fourth-order valence-electron chi connectivity index (χ4n) is 5.87. The maximum absolute atomic E-state index is 5.25. The van der Waals surface area contributed by atoms with Crippen molar-refractivity contribution in [2.75, 3.05) is 0 Å². The van der Waals surface area contributed by atoms with E-state index in [1.54, 1.807) is 0 Å². The summed E-state index contributed by atoms with van der Waals surface area (Å²) >= 11 is 3.77. The van der Waals surface area contributed by atoms with Gasteiger partial charge in [0.15, 0.2) is 0 Å². The average molecular weight is 481 g/mol. The minimum atomic E-state index is 1.04. The Bertz CT molecular complexity index is 2330. The van der Waals surface area contributed by atoms with Crippen molar-refractivity contribution >= 4 is 101 Å². The largest absolute Gasteiger partial charge is 0.290 e. The lowest BCUT2D eigenvalue weighted by Crippen LogP contribution is -1.92. The Kier molecular flexibility index (Phi) is 3.34. The van der Waals surface area contributed by atoms with Gasteiger partial charge in [-0.25, -0.2) is 4.98 Å². The third-order valence-electron chi connectivity index (χ3n) is 7.37. The summed E-state index contributed by atoms with van der Waals surface area (Å²) in [7, 11) is 0. The van der Waals surface area contributed by atoms with E-state index >= 15 is 0 Å². The van der Waals surface area contributed by atoms with E-state index in [0.29, 0.717) is 0 Å². The Morgan fingerprint density at radius 2 is 1.11 bits per heavy atom. The highest BCUT2D eigenvalue weighted by molar-refractivity contribution is 7.27. The zero-order chi connectivity index (χ0) is 22.7. The van der Waals surface area contributed by atoms with Gasteiger partial charge < -0.3 is 0 Å². The number of imidazole rings is 1. The number of fused-ring (bicyclic) bond motifs is 16. The topological polar surface area (TPSA) is 17.3 Å². The van der Waals surface area contributed by atoms with Crippen LogP contribution in [0.4, 0.5) is 0 Å². The standard InChI is InChI=1S/C31H16N2S2/c1-5-11-25-17(7-1)21-15-13-19-20-14-16-22-18-8-2-6-12-26(18)35-30(22)28(20)33-24-10-4-3-9-23(24)32-31(33)27(19)29(21)34-25/h1-16H. The number of aromatic nitrogens is 2. The van der Waals surface area contributed by atoms with E-state index in [-0.39, 0.29) is 0 Å². The number of rotatable bonds is 0. The molecular formula is C31H16N2S2. The van der Waals surface area contributed by atoms with Crippen LogP contribution in [0.5, 0.6) is 0 Å². The second-order valence-corrected chi connectivity index (χ2v) is 11.3. The monoisotopic (exact) mass is 480 g/mol. The lowest BCUT2D eigenvalue weighted by Gasteiger charge is -2.11. The van der Waals surface area contributed by atoms with Crippen molar-refractivity contribution in [1.29, 1.82) is 0 Å². The first-order valence-corrected chi connectivity index (χ1v) is 13.4. The predicted octanol–water partition coefficient (Wildman–Crippen LogP) is 9.53. The van der Waals surface area contributed by atoms with Crippen molar-refractivity contribution < 1.29 is 0 Å². The number of hydrogen-bond donors (Lipinski definition) is 0. The van der Waals surface area contributed by atoms with E-state index in [2.05, 4.69) is 101 Å². The summed E-state index contributed by atoms with van der Waals surface area (Å²) < 4.78 is 7.73. The number of pyridine rings is 1. The van der Waals surface area contributed by atoms with Crippen LogP contribution in [0.1, 0.15) is 0 Å². The van der Waals surface area contributed by atoms with Gasteiger partial charge in [-0.1, -0.05) is 72.8 Å². The minimum Gasteiger partial charge on any atom is -0.290 e. The third kappa shape index (κ3) is 2.22. The number of benzene rings is 5. The molecule has 0 saturated heterocycles. The highest BCUT2D eigenvalue weighted by Crippen LogP contribution is 2.46. The van der Waals surface area contributed by atoms with Gasteiger partial charge in [0.05, 0.1) is 21.3 Å². The molecule has 0 aliphatic carbocycles. The Hall–Kier alpha value is -3.99. The minimum absolute atomic E-state index is 1.04. The number of hydrogen-bond acceptors (Lipinski definition) is 3. The van der Waals surface area contributed by atoms with Crippen molar-refractivity contribution in [2.45, 2.75) is 0 Å². The molecule has 0 atom stereocenters. The number of nitrogens with zero attached hydrogens (tertiary/aromatic N) is 2. The SMILES string of the molecule is c1ccc2c(c1)nc1c3c(ccc4c5ccccc5sc43)c3ccc4c5ccccc5sc4c3n21. The van der Waals surface area contributed by atoms with Gasteiger partial charge in [0.2, 0.25) is 0 Å². The van der Waals surface area contributed by atoms with Gasteiger partial charge in [-0.15, -0.1) is 22.7 Å². The van der Waals surface area contributed by atoms with Gasteiger partial charge in [-0.2, -0.15) is 0 Å². The maximum Gasteiger partial charge on any atom is 0.147 e. The van der Waals surface area contributed by atoms with Crippen LogP contribution in [0.2, 0.25) is 0 Å². The van der Waals surface area contributed by atoms with Gasteiger partial charge in [0, 0.05) is 46.4 Å². The van der Waals surface area contributed by atoms with Crippen LogP contribution in [0, 0.1) is 0 Å². The van der Waals surface area contributed by atoms with Gasteiger partial charge in [0.1, 0.15) is 5.65 Å². The van der Waals surface area contributed by atoms with E-state index in [9.17, 15) is 0 Å². The van der Waals surface area contributed by atoms with Crippen LogP contribution in [0.3, 0.4) is 0 Å². The molecule has 0 spiro atoms. The van der Waals surface area contributed by atoms with E-state index in [1.807, 2.05) is 22.7 Å². The normalized spacial score (nSPS) is 12.6. The summed E-state index contributed by atoms with van der Waals surface area (Å²) in [5.41, 5.74) is 4.52. The lowest BCUT2D eigenvalue weighted by molar-refractivity contribution is 1.33. The molecule has 0 aliphatic rings. The van der Waals surface area contributed by atoms with E-state index in [1.165, 1.54) is 62.0 Å². The summed E-state index contributed by atoms with van der Waals surface area (Å²) in [4.78, 5) is 5.25. The van der Waals surface area contributed by atoms with Crippen molar-refractivity contribution in [3.05, 3.63) is 97.1 Å². The molecule has 4 aromatic heterocycles. The van der Waals surface area contributed by atoms with Crippen LogP contribution in [0.25, 0.3) is 78.7 Å². The number of para-hydroxylation sites is 2. The lowest BCUT2D eigenvalue weighted by atomic mass is 10.0. The molecule has 0 N–H and O–H groups in total. The molecule has 9 rings (SSSR count). The average Bonchev–Trinajstić information content (AvgIpc) is 3.59. The highest BCUT2D eigenvalue weighted by atomic mass is 32.1. The molecule has 0 radical (unpaired) electrons. The first-order valence-electron chi connectivity index (χ1n) is 11.7. The molecule has 9 aromatic rings. The predicted molar refractivity (Wildman–Crippen MR) is 153 cm³/mol. The first-order chi connectivity index (χ1) is 17.4. The van der Waals surface area contributed by atoms with Crippen LogP contribution in [-0.2, 0) is 0 Å². The molecule has 0 aliphatic heterocycles. The van der Waals surface area contributed by atoms with E-state index in [4.69, 9.17) is 4.98 Å². The maximum atomic E-state index is 5.25. The van der Waals surface area contributed by atoms with Crippen molar-refractivity contribution in [3.8, 4) is 0 Å². The van der Waals surface area contributed by atoms with Gasteiger partial charge >= 0.3 is 0 Å². The van der Waals surface area contributed by atoms with Crippen molar-refractivity contribution in [1.82, 2.24) is 9.38 Å². The summed E-state index contributed by atoms with van der Waals surface area (Å²) in [6.45, 7) is 0. The third-order valence-corrected chi connectivity index (χ3v) is 9.76. The van der Waals surface area contributed by atoms with Crippen LogP contribution in [-0.4, -0.2) is 9.38 Å². The molecule has 5 aromatic carbocycles. The second-order valence-electron chi connectivity index (χ2n) is 9.16. The molecule has 4 heterocycles. The molecule has 0 bridgehead atoms. The summed E-state index contributed by atoms with van der Waals surface area (Å²) in [6.07, 6.45) is 0. The Balaban J connectivity index is 1.65. The first kappa shape index (κ1) is 18.4. The van der Waals surface area contributed by atoms with Crippen LogP contribution in [0.15, 0.2) is 97.1 Å². The Morgan fingerprint density at radius 3 is 1.91 bits per heavy atom. The van der Waals surface area contributed by atoms with E-state index < -0.39 is 0 Å². The fraction of sp³-hybridized carbons (Fsp3) is 0. The van der Waals surface area contributed by atoms with Crippen LogP contribution >= 0.6 is 22.7 Å². The van der Waals surface area contributed by atoms with Crippen molar-refractivity contribution in [3.63, 3.8) is 0 Å². The fourth-order valence-corrected chi connectivity index (χ4v) is 8.36.